The Bertz CT molecular complexity index is 849. The van der Waals surface area contributed by atoms with Crippen molar-refractivity contribution in [2.75, 3.05) is 17.5 Å². The normalized spacial score (nSPS) is 14.6. The Labute approximate surface area is 140 Å². The van der Waals surface area contributed by atoms with Crippen LogP contribution in [-0.2, 0) is 29.5 Å². The molecule has 0 spiro atoms. The molecule has 4 nitrogen and oxygen atoms in total. The minimum Gasteiger partial charge on any atom is -0.298 e. The van der Waals surface area contributed by atoms with Gasteiger partial charge in [0.1, 0.15) is 11.6 Å². The molecule has 24 heavy (non-hydrogen) atoms. The molecule has 0 saturated carbocycles. The van der Waals surface area contributed by atoms with E-state index in [9.17, 15) is 17.2 Å². The maximum absolute atomic E-state index is 13.6. The van der Waals surface area contributed by atoms with Crippen LogP contribution in [0, 0.1) is 11.6 Å². The summed E-state index contributed by atoms with van der Waals surface area (Å²) in [5.74, 6) is -1.84. The Morgan fingerprint density at radius 3 is 2.46 bits per heavy atom. The molecule has 0 atom stereocenters. The number of benzene rings is 2. The molecule has 0 radical (unpaired) electrons. The van der Waals surface area contributed by atoms with Gasteiger partial charge in [0.25, 0.3) is 0 Å². The maximum atomic E-state index is 13.6. The van der Waals surface area contributed by atoms with Gasteiger partial charge in [0, 0.05) is 18.7 Å². The molecule has 7 heteroatoms. The van der Waals surface area contributed by atoms with Gasteiger partial charge in [-0.15, -0.1) is 0 Å². The average molecular weight is 352 g/mol. The predicted molar refractivity (Wildman–Crippen MR) is 89.1 cm³/mol. The van der Waals surface area contributed by atoms with E-state index in [0.717, 1.165) is 29.8 Å². The summed E-state index contributed by atoms with van der Waals surface area (Å²) in [5.41, 5.74) is 2.35. The highest BCUT2D eigenvalue weighted by molar-refractivity contribution is 7.92. The molecule has 0 amide bonds. The lowest BCUT2D eigenvalue weighted by Gasteiger charge is -2.12. The molecule has 2 aromatic rings. The first-order valence-electron chi connectivity index (χ1n) is 7.58. The third kappa shape index (κ3) is 3.57. The number of nitrogens with one attached hydrogen (secondary N) is 1. The molecule has 1 N–H and O–H groups in total. The van der Waals surface area contributed by atoms with Crippen LogP contribution in [0.2, 0.25) is 0 Å². The van der Waals surface area contributed by atoms with Crippen LogP contribution in [-0.4, -0.2) is 26.1 Å². The van der Waals surface area contributed by atoms with Crippen LogP contribution in [0.3, 0.4) is 0 Å². The smallest absolute Gasteiger partial charge is 0.233 e. The zero-order chi connectivity index (χ0) is 17.3. The van der Waals surface area contributed by atoms with E-state index in [1.165, 1.54) is 6.07 Å². The Morgan fingerprint density at radius 2 is 1.75 bits per heavy atom. The maximum Gasteiger partial charge on any atom is 0.233 e. The molecule has 1 heterocycles. The van der Waals surface area contributed by atoms with Crippen molar-refractivity contribution in [3.05, 3.63) is 64.7 Å². The molecule has 0 unspecified atom stereocenters. The Balaban J connectivity index is 1.75. The fraction of sp³-hybridized carbons (Fsp3) is 0.294. The van der Waals surface area contributed by atoms with Gasteiger partial charge in [0.15, 0.2) is 0 Å². The average Bonchev–Trinajstić information content (AvgIpc) is 2.88. The summed E-state index contributed by atoms with van der Waals surface area (Å²) in [6, 6.07) is 8.97. The quantitative estimate of drug-likeness (QED) is 0.900. The van der Waals surface area contributed by atoms with Crippen molar-refractivity contribution in [1.82, 2.24) is 4.90 Å². The number of halogens is 2. The molecular weight excluding hydrogens is 334 g/mol. The van der Waals surface area contributed by atoms with Crippen LogP contribution in [0.1, 0.15) is 16.7 Å². The number of nitrogens with zero attached hydrogens (tertiary/aromatic N) is 1. The molecule has 0 fully saturated rings. The standard InChI is InChI=1S/C17H18F2N2O2S/c1-21-10-12-4-2-7-17(14(12)11-21)20-24(22,23)9-8-13-15(18)5-3-6-16(13)19/h2-7,20H,8-11H2,1H3. The SMILES string of the molecule is CN1Cc2cccc(NS(=O)(=O)CCc3c(F)cccc3F)c2C1. The van der Waals surface area contributed by atoms with Crippen molar-refractivity contribution in [2.24, 2.45) is 0 Å². The molecule has 0 saturated heterocycles. The van der Waals surface area contributed by atoms with Gasteiger partial charge in [-0.05, 0) is 42.8 Å². The van der Waals surface area contributed by atoms with Gasteiger partial charge >= 0.3 is 0 Å². The lowest BCUT2D eigenvalue weighted by atomic mass is 10.1. The fourth-order valence-corrected chi connectivity index (χ4v) is 4.01. The van der Waals surface area contributed by atoms with Crippen molar-refractivity contribution in [1.29, 1.82) is 0 Å². The van der Waals surface area contributed by atoms with E-state index >= 15 is 0 Å². The van der Waals surface area contributed by atoms with Crippen molar-refractivity contribution >= 4 is 15.7 Å². The highest BCUT2D eigenvalue weighted by Gasteiger charge is 2.21. The van der Waals surface area contributed by atoms with E-state index in [1.54, 1.807) is 12.1 Å². The number of fused-ring (bicyclic) bond motifs is 1. The molecular formula is C17H18F2N2O2S. The van der Waals surface area contributed by atoms with Gasteiger partial charge < -0.3 is 0 Å². The fourth-order valence-electron chi connectivity index (χ4n) is 2.91. The van der Waals surface area contributed by atoms with Gasteiger partial charge in [-0.2, -0.15) is 0 Å². The van der Waals surface area contributed by atoms with Crippen molar-refractivity contribution in [3.63, 3.8) is 0 Å². The Kier molecular flexibility index (Phi) is 4.56. The number of hydrogen-bond donors (Lipinski definition) is 1. The second-order valence-electron chi connectivity index (χ2n) is 5.99. The first-order chi connectivity index (χ1) is 11.4. The summed E-state index contributed by atoms with van der Waals surface area (Å²) in [4.78, 5) is 2.08. The van der Waals surface area contributed by atoms with E-state index in [4.69, 9.17) is 0 Å². The van der Waals surface area contributed by atoms with Crippen LogP contribution < -0.4 is 4.72 Å². The molecule has 3 rings (SSSR count). The molecule has 0 aromatic heterocycles. The van der Waals surface area contributed by atoms with Crippen LogP contribution >= 0.6 is 0 Å². The largest absolute Gasteiger partial charge is 0.298 e. The van der Waals surface area contributed by atoms with E-state index in [2.05, 4.69) is 9.62 Å². The van der Waals surface area contributed by atoms with Gasteiger partial charge in [-0.25, -0.2) is 17.2 Å². The summed E-state index contributed by atoms with van der Waals surface area (Å²) in [5, 5.41) is 0. The number of rotatable bonds is 5. The van der Waals surface area contributed by atoms with Gasteiger partial charge in [-0.1, -0.05) is 18.2 Å². The minimum atomic E-state index is -3.71. The molecule has 1 aliphatic rings. The Morgan fingerprint density at radius 1 is 1.08 bits per heavy atom. The topological polar surface area (TPSA) is 49.4 Å². The van der Waals surface area contributed by atoms with E-state index < -0.39 is 21.7 Å². The summed E-state index contributed by atoms with van der Waals surface area (Å²) in [7, 11) is -1.75. The van der Waals surface area contributed by atoms with E-state index in [-0.39, 0.29) is 17.7 Å². The third-order valence-electron chi connectivity index (χ3n) is 4.09. The third-order valence-corrected chi connectivity index (χ3v) is 5.36. The lowest BCUT2D eigenvalue weighted by Crippen LogP contribution is -2.20. The van der Waals surface area contributed by atoms with Crippen LogP contribution in [0.5, 0.6) is 0 Å². The number of sulfonamides is 1. The van der Waals surface area contributed by atoms with Crippen LogP contribution in [0.25, 0.3) is 0 Å². The van der Waals surface area contributed by atoms with Crippen molar-refractivity contribution in [3.8, 4) is 0 Å². The zero-order valence-electron chi connectivity index (χ0n) is 13.2. The van der Waals surface area contributed by atoms with E-state index in [1.807, 2.05) is 13.1 Å². The van der Waals surface area contributed by atoms with Crippen molar-refractivity contribution in [2.45, 2.75) is 19.5 Å². The summed E-state index contributed by atoms with van der Waals surface area (Å²) >= 11 is 0. The Hall–Kier alpha value is -1.99. The predicted octanol–water partition coefficient (Wildman–Crippen LogP) is 2.89. The first kappa shape index (κ1) is 16.9. The van der Waals surface area contributed by atoms with Crippen LogP contribution in [0.15, 0.2) is 36.4 Å². The molecule has 1 aliphatic heterocycles. The second-order valence-corrected chi connectivity index (χ2v) is 7.83. The molecule has 2 aromatic carbocycles. The molecule has 0 bridgehead atoms. The highest BCUT2D eigenvalue weighted by atomic mass is 32.2. The van der Waals surface area contributed by atoms with Crippen molar-refractivity contribution < 1.29 is 17.2 Å². The van der Waals surface area contributed by atoms with E-state index in [0.29, 0.717) is 12.2 Å². The van der Waals surface area contributed by atoms with Gasteiger partial charge in [-0.3, -0.25) is 9.62 Å². The lowest BCUT2D eigenvalue weighted by molar-refractivity contribution is 0.353. The zero-order valence-corrected chi connectivity index (χ0v) is 14.0. The van der Waals surface area contributed by atoms with Crippen LogP contribution in [0.4, 0.5) is 14.5 Å². The molecule has 128 valence electrons. The monoisotopic (exact) mass is 352 g/mol. The summed E-state index contributed by atoms with van der Waals surface area (Å²) in [6.45, 7) is 1.43. The number of anilines is 1. The minimum absolute atomic E-state index is 0.208. The number of hydrogen-bond acceptors (Lipinski definition) is 3. The van der Waals surface area contributed by atoms with Gasteiger partial charge in [0.05, 0.1) is 11.4 Å². The first-order valence-corrected chi connectivity index (χ1v) is 9.23. The second kappa shape index (κ2) is 6.49. The highest BCUT2D eigenvalue weighted by Crippen LogP contribution is 2.29. The summed E-state index contributed by atoms with van der Waals surface area (Å²) < 4.78 is 54.4. The van der Waals surface area contributed by atoms with Gasteiger partial charge in [0.2, 0.25) is 10.0 Å². The molecule has 0 aliphatic carbocycles. The summed E-state index contributed by atoms with van der Waals surface area (Å²) in [6.07, 6.45) is -0.219.